The molecule has 0 radical (unpaired) electrons. The zero-order chi connectivity index (χ0) is 15.2. The number of benzene rings is 1. The SMILES string of the molecule is CCCNC(C)c1ccc(N2CCCN(C)CC2)cc1Cl. The fourth-order valence-electron chi connectivity index (χ4n) is 2.84. The molecular formula is C17H28ClN3. The smallest absolute Gasteiger partial charge is 0.0474 e. The maximum Gasteiger partial charge on any atom is 0.0474 e. The van der Waals surface area contributed by atoms with Gasteiger partial charge in [0.2, 0.25) is 0 Å². The van der Waals surface area contributed by atoms with Crippen LogP contribution in [0.2, 0.25) is 5.02 Å². The van der Waals surface area contributed by atoms with Gasteiger partial charge in [0.15, 0.2) is 0 Å². The summed E-state index contributed by atoms with van der Waals surface area (Å²) < 4.78 is 0. The van der Waals surface area contributed by atoms with E-state index in [9.17, 15) is 0 Å². The van der Waals surface area contributed by atoms with Crippen molar-refractivity contribution in [3.8, 4) is 0 Å². The van der Waals surface area contributed by atoms with Gasteiger partial charge in [-0.15, -0.1) is 0 Å². The van der Waals surface area contributed by atoms with Gasteiger partial charge in [-0.1, -0.05) is 24.6 Å². The third-order valence-electron chi connectivity index (χ3n) is 4.24. The van der Waals surface area contributed by atoms with E-state index >= 15 is 0 Å². The van der Waals surface area contributed by atoms with Crippen LogP contribution < -0.4 is 10.2 Å². The van der Waals surface area contributed by atoms with Crippen LogP contribution in [-0.4, -0.2) is 44.7 Å². The summed E-state index contributed by atoms with van der Waals surface area (Å²) in [5, 5.41) is 4.38. The molecule has 1 aliphatic rings. The van der Waals surface area contributed by atoms with Crippen molar-refractivity contribution >= 4 is 17.3 Å². The van der Waals surface area contributed by atoms with Crippen LogP contribution in [0, 0.1) is 0 Å². The van der Waals surface area contributed by atoms with Crippen molar-refractivity contribution in [1.29, 1.82) is 0 Å². The molecule has 118 valence electrons. The van der Waals surface area contributed by atoms with Crippen molar-refractivity contribution < 1.29 is 0 Å². The minimum Gasteiger partial charge on any atom is -0.370 e. The lowest BCUT2D eigenvalue weighted by Crippen LogP contribution is -2.28. The highest BCUT2D eigenvalue weighted by Gasteiger charge is 2.15. The standard InChI is InChI=1S/C17H28ClN3/c1-4-8-19-14(2)16-7-6-15(13-17(16)18)21-10-5-9-20(3)11-12-21/h6-7,13-14,19H,4-5,8-12H2,1-3H3. The van der Waals surface area contributed by atoms with Crippen LogP contribution in [0.25, 0.3) is 0 Å². The lowest BCUT2D eigenvalue weighted by atomic mass is 10.1. The van der Waals surface area contributed by atoms with E-state index in [4.69, 9.17) is 11.6 Å². The van der Waals surface area contributed by atoms with Crippen molar-refractivity contribution in [3.63, 3.8) is 0 Å². The second-order valence-electron chi connectivity index (χ2n) is 6.03. The molecule has 0 amide bonds. The molecule has 3 nitrogen and oxygen atoms in total. The molecule has 0 spiro atoms. The van der Waals surface area contributed by atoms with Crippen molar-refractivity contribution in [3.05, 3.63) is 28.8 Å². The van der Waals surface area contributed by atoms with E-state index in [0.717, 1.165) is 37.6 Å². The van der Waals surface area contributed by atoms with Crippen LogP contribution in [0.15, 0.2) is 18.2 Å². The number of hydrogen-bond acceptors (Lipinski definition) is 3. The number of likely N-dealkylation sites (N-methyl/N-ethyl adjacent to an activating group) is 1. The number of rotatable bonds is 5. The van der Waals surface area contributed by atoms with Gasteiger partial charge in [-0.25, -0.2) is 0 Å². The molecule has 1 unspecified atom stereocenters. The highest BCUT2D eigenvalue weighted by molar-refractivity contribution is 6.31. The Bertz CT molecular complexity index is 450. The van der Waals surface area contributed by atoms with Crippen LogP contribution in [-0.2, 0) is 0 Å². The molecule has 4 heteroatoms. The second kappa shape index (κ2) is 8.02. The Balaban J connectivity index is 2.07. The average Bonchev–Trinajstić information content (AvgIpc) is 2.69. The van der Waals surface area contributed by atoms with Crippen molar-refractivity contribution in [2.45, 2.75) is 32.7 Å². The van der Waals surface area contributed by atoms with Crippen molar-refractivity contribution in [1.82, 2.24) is 10.2 Å². The van der Waals surface area contributed by atoms with Gasteiger partial charge in [0.05, 0.1) is 0 Å². The molecule has 1 N–H and O–H groups in total. The van der Waals surface area contributed by atoms with Crippen molar-refractivity contribution in [2.75, 3.05) is 44.7 Å². The van der Waals surface area contributed by atoms with Crippen LogP contribution >= 0.6 is 11.6 Å². The minimum absolute atomic E-state index is 0.307. The Kier molecular flexibility index (Phi) is 6.34. The summed E-state index contributed by atoms with van der Waals surface area (Å²) in [6.45, 7) is 9.88. The Hall–Kier alpha value is -0.770. The quantitative estimate of drug-likeness (QED) is 0.897. The lowest BCUT2D eigenvalue weighted by Gasteiger charge is -2.24. The van der Waals surface area contributed by atoms with Gasteiger partial charge in [-0.3, -0.25) is 0 Å². The van der Waals surface area contributed by atoms with Crippen LogP contribution in [0.3, 0.4) is 0 Å². The molecule has 1 aromatic carbocycles. The van der Waals surface area contributed by atoms with Gasteiger partial charge in [0.1, 0.15) is 0 Å². The molecule has 1 atom stereocenters. The highest BCUT2D eigenvalue weighted by atomic mass is 35.5. The van der Waals surface area contributed by atoms with Crippen molar-refractivity contribution in [2.24, 2.45) is 0 Å². The molecule has 1 heterocycles. The zero-order valence-corrected chi connectivity index (χ0v) is 14.3. The summed E-state index contributed by atoms with van der Waals surface area (Å²) in [5.41, 5.74) is 2.45. The number of halogens is 1. The summed E-state index contributed by atoms with van der Waals surface area (Å²) in [6.07, 6.45) is 2.35. The van der Waals surface area contributed by atoms with E-state index in [0.29, 0.717) is 6.04 Å². The van der Waals surface area contributed by atoms with Gasteiger partial charge >= 0.3 is 0 Å². The highest BCUT2D eigenvalue weighted by Crippen LogP contribution is 2.28. The molecule has 0 saturated carbocycles. The number of anilines is 1. The molecular weight excluding hydrogens is 282 g/mol. The zero-order valence-electron chi connectivity index (χ0n) is 13.5. The third kappa shape index (κ3) is 4.60. The molecule has 0 aromatic heterocycles. The predicted molar refractivity (Wildman–Crippen MR) is 92.5 cm³/mol. The number of nitrogens with zero attached hydrogens (tertiary/aromatic N) is 2. The maximum atomic E-state index is 6.51. The maximum absolute atomic E-state index is 6.51. The first-order valence-corrected chi connectivity index (χ1v) is 8.46. The minimum atomic E-state index is 0.307. The summed E-state index contributed by atoms with van der Waals surface area (Å²) in [6, 6.07) is 6.84. The van der Waals surface area contributed by atoms with Gasteiger partial charge < -0.3 is 15.1 Å². The average molecular weight is 310 g/mol. The molecule has 0 aliphatic carbocycles. The molecule has 1 aromatic rings. The lowest BCUT2D eigenvalue weighted by molar-refractivity contribution is 0.360. The van der Waals surface area contributed by atoms with Gasteiger partial charge in [-0.05, 0) is 57.6 Å². The number of hydrogen-bond donors (Lipinski definition) is 1. The molecule has 1 saturated heterocycles. The fourth-order valence-corrected chi connectivity index (χ4v) is 3.18. The first kappa shape index (κ1) is 16.6. The molecule has 2 rings (SSSR count). The monoisotopic (exact) mass is 309 g/mol. The Labute approximate surface area is 134 Å². The van der Waals surface area contributed by atoms with E-state index in [1.807, 2.05) is 0 Å². The predicted octanol–water partition coefficient (Wildman–Crippen LogP) is 3.54. The Morgan fingerprint density at radius 2 is 2.05 bits per heavy atom. The summed E-state index contributed by atoms with van der Waals surface area (Å²) in [7, 11) is 2.20. The van der Waals surface area contributed by atoms with E-state index in [1.165, 1.54) is 24.2 Å². The van der Waals surface area contributed by atoms with Crippen LogP contribution in [0.4, 0.5) is 5.69 Å². The Morgan fingerprint density at radius 3 is 2.76 bits per heavy atom. The third-order valence-corrected chi connectivity index (χ3v) is 4.56. The topological polar surface area (TPSA) is 18.5 Å². The van der Waals surface area contributed by atoms with Gasteiger partial charge in [0, 0.05) is 36.4 Å². The number of nitrogens with one attached hydrogen (secondary N) is 1. The summed E-state index contributed by atoms with van der Waals surface area (Å²) in [5.74, 6) is 0. The summed E-state index contributed by atoms with van der Waals surface area (Å²) >= 11 is 6.51. The Morgan fingerprint density at radius 1 is 1.24 bits per heavy atom. The fraction of sp³-hybridized carbons (Fsp3) is 0.647. The molecule has 1 aliphatic heterocycles. The normalized spacial score (nSPS) is 18.6. The van der Waals surface area contributed by atoms with Crippen LogP contribution in [0.5, 0.6) is 0 Å². The largest absolute Gasteiger partial charge is 0.370 e. The molecule has 21 heavy (non-hydrogen) atoms. The summed E-state index contributed by atoms with van der Waals surface area (Å²) in [4.78, 5) is 4.84. The van der Waals surface area contributed by atoms with Crippen LogP contribution in [0.1, 0.15) is 38.3 Å². The van der Waals surface area contributed by atoms with E-state index in [2.05, 4.69) is 54.2 Å². The second-order valence-corrected chi connectivity index (χ2v) is 6.43. The molecule has 1 fully saturated rings. The first-order valence-electron chi connectivity index (χ1n) is 8.08. The molecule has 0 bridgehead atoms. The van der Waals surface area contributed by atoms with Gasteiger partial charge in [-0.2, -0.15) is 0 Å². The first-order chi connectivity index (χ1) is 10.1. The van der Waals surface area contributed by atoms with E-state index in [-0.39, 0.29) is 0 Å². The van der Waals surface area contributed by atoms with Gasteiger partial charge in [0.25, 0.3) is 0 Å². The van der Waals surface area contributed by atoms with E-state index < -0.39 is 0 Å². The van der Waals surface area contributed by atoms with E-state index in [1.54, 1.807) is 0 Å².